The van der Waals surface area contributed by atoms with Gasteiger partial charge in [0.15, 0.2) is 0 Å². The summed E-state index contributed by atoms with van der Waals surface area (Å²) in [5.74, 6) is 0. The van der Waals surface area contributed by atoms with E-state index < -0.39 is 8.60 Å². The van der Waals surface area contributed by atoms with Crippen molar-refractivity contribution in [3.63, 3.8) is 0 Å². The summed E-state index contributed by atoms with van der Waals surface area (Å²) >= 11 is 0. The first-order valence-electron chi connectivity index (χ1n) is 4.15. The fourth-order valence-electron chi connectivity index (χ4n) is 0.803. The van der Waals surface area contributed by atoms with Crippen LogP contribution >= 0.6 is 8.60 Å². The highest BCUT2D eigenvalue weighted by Gasteiger charge is 2.01. The molecule has 0 bridgehead atoms. The van der Waals surface area contributed by atoms with Gasteiger partial charge in [-0.2, -0.15) is 0 Å². The van der Waals surface area contributed by atoms with Crippen molar-refractivity contribution in [1.82, 2.24) is 0 Å². The minimum atomic E-state index is -1.58. The van der Waals surface area contributed by atoms with Crippen LogP contribution in [0.1, 0.15) is 13.8 Å². The molecule has 4 heteroatoms. The lowest BCUT2D eigenvalue weighted by atomic mass is 10.1. The predicted molar refractivity (Wildman–Crippen MR) is 59.8 cm³/mol. The highest BCUT2D eigenvalue weighted by molar-refractivity contribution is 7.40. The first-order chi connectivity index (χ1) is 6.52. The molecule has 0 heterocycles. The molecule has 3 nitrogen and oxygen atoms in total. The largest absolute Gasteiger partial charge is 0.329 e. The molecule has 1 aliphatic carbocycles. The van der Waals surface area contributed by atoms with Gasteiger partial charge in [0.1, 0.15) is 0 Å². The van der Waals surface area contributed by atoms with Crippen molar-refractivity contribution in [1.29, 1.82) is 0 Å². The van der Waals surface area contributed by atoms with Crippen LogP contribution in [0, 0.1) is 0 Å². The topological polar surface area (TPSA) is 38.7 Å². The van der Waals surface area contributed by atoms with Gasteiger partial charge >= 0.3 is 8.60 Å². The Bertz CT molecular complexity index is 248. The van der Waals surface area contributed by atoms with Crippen LogP contribution in [0.3, 0.4) is 0 Å². The van der Waals surface area contributed by atoms with Crippen LogP contribution in [0.15, 0.2) is 35.5 Å². The van der Waals surface area contributed by atoms with Crippen LogP contribution in [0.5, 0.6) is 0 Å². The van der Waals surface area contributed by atoms with Crippen LogP contribution in [-0.4, -0.2) is 19.1 Å². The summed E-state index contributed by atoms with van der Waals surface area (Å²) in [6.45, 7) is 8.04. The molecule has 80 valence electrons. The van der Waals surface area contributed by atoms with E-state index >= 15 is 0 Å². The van der Waals surface area contributed by atoms with Crippen molar-refractivity contribution in [3.05, 3.63) is 35.5 Å². The molecule has 1 aliphatic rings. The molecule has 0 saturated heterocycles. The maximum atomic E-state index is 8.29. The summed E-state index contributed by atoms with van der Waals surface area (Å²) in [7, 11) is 1.19. The monoisotopic (exact) mass is 216 g/mol. The van der Waals surface area contributed by atoms with Crippen molar-refractivity contribution >= 4 is 8.60 Å². The van der Waals surface area contributed by atoms with E-state index in [0.717, 1.165) is 5.57 Å². The molecular weight excluding hydrogens is 199 g/mol. The predicted octanol–water partition coefficient (Wildman–Crippen LogP) is 2.95. The maximum Gasteiger partial charge on any atom is 0.329 e. The standard InChI is InChI=1S/C8H10.C2H7O3P/c1-6-4-5-7(2)8(6)3;1-4-6(3)5-2/h4-5H,1H2,2-3H3;3H,1-2H3. The minimum Gasteiger partial charge on any atom is -0.328 e. The average molecular weight is 216 g/mol. The Kier molecular flexibility index (Phi) is 6.67. The second-order valence-electron chi connectivity index (χ2n) is 2.77. The average Bonchev–Trinajstić information content (AvgIpc) is 2.49. The number of rotatable bonds is 2. The zero-order valence-electron chi connectivity index (χ0n) is 9.07. The van der Waals surface area contributed by atoms with Crippen molar-refractivity contribution < 1.29 is 13.9 Å². The molecule has 0 amide bonds. The van der Waals surface area contributed by atoms with Crippen molar-refractivity contribution in [2.45, 2.75) is 13.8 Å². The van der Waals surface area contributed by atoms with Gasteiger partial charge in [-0.25, -0.2) is 0 Å². The van der Waals surface area contributed by atoms with Gasteiger partial charge < -0.3 is 13.9 Å². The van der Waals surface area contributed by atoms with E-state index in [4.69, 9.17) is 4.89 Å². The lowest BCUT2D eigenvalue weighted by Crippen LogP contribution is -1.75. The Labute approximate surface area is 86.7 Å². The maximum absolute atomic E-state index is 8.29. The van der Waals surface area contributed by atoms with Crippen LogP contribution in [0.25, 0.3) is 0 Å². The lowest BCUT2D eigenvalue weighted by molar-refractivity contribution is 0.271. The summed E-state index contributed by atoms with van der Waals surface area (Å²) in [5, 5.41) is 0. The number of allylic oxidation sites excluding steroid dienone is 5. The summed E-state index contributed by atoms with van der Waals surface area (Å²) < 4.78 is 8.59. The molecule has 0 fully saturated rings. The number of hydrogen-bond acceptors (Lipinski definition) is 3. The molecule has 0 aromatic carbocycles. The Morgan fingerprint density at radius 2 is 1.71 bits per heavy atom. The molecule has 0 radical (unpaired) electrons. The number of hydrogen-bond donors (Lipinski definition) is 1. The van der Waals surface area contributed by atoms with Crippen LogP contribution in [0.2, 0.25) is 0 Å². The van der Waals surface area contributed by atoms with E-state index in [1.807, 2.05) is 6.08 Å². The molecule has 1 N–H and O–H groups in total. The quantitative estimate of drug-likeness (QED) is 0.721. The van der Waals surface area contributed by atoms with Gasteiger partial charge in [0.2, 0.25) is 0 Å². The highest BCUT2D eigenvalue weighted by atomic mass is 31.2. The second kappa shape index (κ2) is 6.91. The Morgan fingerprint density at radius 1 is 1.21 bits per heavy atom. The van der Waals surface area contributed by atoms with Gasteiger partial charge in [-0.1, -0.05) is 18.7 Å². The van der Waals surface area contributed by atoms with Gasteiger partial charge in [0, 0.05) is 14.2 Å². The van der Waals surface area contributed by atoms with Crippen molar-refractivity contribution in [3.8, 4) is 0 Å². The zero-order valence-corrected chi connectivity index (χ0v) is 9.97. The fraction of sp³-hybridized carbons (Fsp3) is 0.400. The van der Waals surface area contributed by atoms with Gasteiger partial charge in [0.25, 0.3) is 0 Å². The van der Waals surface area contributed by atoms with Crippen LogP contribution in [0.4, 0.5) is 0 Å². The second-order valence-corrected chi connectivity index (χ2v) is 3.98. The summed E-state index contributed by atoms with van der Waals surface area (Å²) in [4.78, 5) is 8.29. The molecule has 0 saturated carbocycles. The smallest absolute Gasteiger partial charge is 0.328 e. The van der Waals surface area contributed by atoms with E-state index in [9.17, 15) is 0 Å². The Hall–Kier alpha value is -0.470. The van der Waals surface area contributed by atoms with E-state index in [-0.39, 0.29) is 0 Å². The third-order valence-electron chi connectivity index (χ3n) is 1.92. The van der Waals surface area contributed by atoms with E-state index in [1.165, 1.54) is 25.4 Å². The van der Waals surface area contributed by atoms with E-state index in [2.05, 4.69) is 35.5 Å². The summed E-state index contributed by atoms with van der Waals surface area (Å²) in [6, 6.07) is 0. The molecule has 0 atom stereocenters. The van der Waals surface area contributed by atoms with Crippen LogP contribution in [-0.2, 0) is 9.05 Å². The highest BCUT2D eigenvalue weighted by Crippen LogP contribution is 2.28. The summed E-state index contributed by atoms with van der Waals surface area (Å²) in [5.41, 5.74) is 3.82. The van der Waals surface area contributed by atoms with Crippen LogP contribution < -0.4 is 0 Å². The van der Waals surface area contributed by atoms with E-state index in [0.29, 0.717) is 0 Å². The van der Waals surface area contributed by atoms with Gasteiger partial charge in [0.05, 0.1) is 0 Å². The normalized spacial score (nSPS) is 14.9. The minimum absolute atomic E-state index is 1.16. The molecule has 0 aliphatic heterocycles. The lowest BCUT2D eigenvalue weighted by Gasteiger charge is -1.98. The third-order valence-corrected chi connectivity index (χ3v) is 2.54. The first-order valence-corrected chi connectivity index (χ1v) is 5.28. The Balaban J connectivity index is 0.000000255. The molecule has 0 aromatic rings. The molecule has 0 aromatic heterocycles. The van der Waals surface area contributed by atoms with Gasteiger partial charge in [-0.05, 0) is 30.6 Å². The van der Waals surface area contributed by atoms with Crippen molar-refractivity contribution in [2.24, 2.45) is 0 Å². The molecule has 0 spiro atoms. The van der Waals surface area contributed by atoms with Gasteiger partial charge in [-0.3, -0.25) is 0 Å². The summed E-state index contributed by atoms with van der Waals surface area (Å²) in [6.07, 6.45) is 4.14. The van der Waals surface area contributed by atoms with Crippen molar-refractivity contribution in [2.75, 3.05) is 14.2 Å². The molecule has 1 rings (SSSR count). The molecule has 14 heavy (non-hydrogen) atoms. The Morgan fingerprint density at radius 3 is 1.79 bits per heavy atom. The first kappa shape index (κ1) is 13.5. The molecule has 0 unspecified atom stereocenters. The fourth-order valence-corrected chi connectivity index (χ4v) is 0.952. The SMILES string of the molecule is C=C1C=CC(C)=C1C.COP(O)OC. The van der Waals surface area contributed by atoms with Gasteiger partial charge in [-0.15, -0.1) is 0 Å². The third kappa shape index (κ3) is 4.68. The molecular formula is C10H17O3P. The van der Waals surface area contributed by atoms with E-state index in [1.54, 1.807) is 0 Å². The zero-order chi connectivity index (χ0) is 11.1.